The number of hydrogen-bond donors (Lipinski definition) is 0. The molecule has 0 radical (unpaired) electrons. The molecule has 2 heterocycles. The Hall–Kier alpha value is -1.51. The zero-order valence-electron chi connectivity index (χ0n) is 11.3. The Morgan fingerprint density at radius 3 is 2.50 bits per heavy atom. The molecule has 2 aromatic carbocycles. The maximum Gasteiger partial charge on any atom is 0.0757 e. The van der Waals surface area contributed by atoms with Gasteiger partial charge in [-0.25, -0.2) is 0 Å². The molecule has 1 saturated heterocycles. The van der Waals surface area contributed by atoms with E-state index in [9.17, 15) is 0 Å². The molecule has 0 aliphatic carbocycles. The molecule has 20 heavy (non-hydrogen) atoms. The van der Waals surface area contributed by atoms with Crippen molar-refractivity contribution in [3.05, 3.63) is 47.5 Å². The summed E-state index contributed by atoms with van der Waals surface area (Å²) in [6.07, 6.45) is 2.62. The molecule has 3 heteroatoms. The first kappa shape index (κ1) is 12.2. The van der Waals surface area contributed by atoms with E-state index < -0.39 is 0 Å². The van der Waals surface area contributed by atoms with Crippen LogP contribution in [0, 0.1) is 0 Å². The molecule has 2 nitrogen and oxygen atoms in total. The smallest absolute Gasteiger partial charge is 0.0757 e. The molecule has 4 rings (SSSR count). The monoisotopic (exact) mass is 284 g/mol. The fraction of sp³-hybridized carbons (Fsp3) is 0.294. The summed E-state index contributed by atoms with van der Waals surface area (Å²) < 4.78 is 2.37. The molecule has 1 fully saturated rings. The molecule has 3 aromatic rings. The van der Waals surface area contributed by atoms with Crippen molar-refractivity contribution in [3.8, 4) is 0 Å². The van der Waals surface area contributed by atoms with Gasteiger partial charge in [-0.15, -0.1) is 0 Å². The predicted molar refractivity (Wildman–Crippen MR) is 85.3 cm³/mol. The van der Waals surface area contributed by atoms with Crippen LogP contribution >= 0.6 is 11.6 Å². The average Bonchev–Trinajstić information content (AvgIpc) is 3.08. The minimum atomic E-state index is 0.845. The van der Waals surface area contributed by atoms with Crippen molar-refractivity contribution in [2.45, 2.75) is 19.5 Å². The minimum absolute atomic E-state index is 0.845. The molecular formula is C17H17ClN2. The Bertz CT molecular complexity index is 769. The Labute approximate surface area is 123 Å². The third-order valence-electron chi connectivity index (χ3n) is 4.28. The minimum Gasteiger partial charge on any atom is -0.326 e. The number of fused-ring (bicyclic) bond motifs is 3. The van der Waals surface area contributed by atoms with Gasteiger partial charge in [0.05, 0.1) is 22.7 Å². The van der Waals surface area contributed by atoms with E-state index in [1.807, 2.05) is 12.1 Å². The summed E-state index contributed by atoms with van der Waals surface area (Å²) in [6, 6.07) is 14.8. The van der Waals surface area contributed by atoms with Crippen LogP contribution in [0.3, 0.4) is 0 Å². The first-order chi connectivity index (χ1) is 9.84. The second-order valence-corrected chi connectivity index (χ2v) is 5.95. The Kier molecular flexibility index (Phi) is 2.94. The van der Waals surface area contributed by atoms with Crippen LogP contribution in [-0.2, 0) is 6.67 Å². The Balaban J connectivity index is 1.99. The van der Waals surface area contributed by atoms with Gasteiger partial charge in [-0.2, -0.15) is 0 Å². The van der Waals surface area contributed by atoms with Gasteiger partial charge in [0.15, 0.2) is 0 Å². The fourth-order valence-electron chi connectivity index (χ4n) is 3.34. The third-order valence-corrected chi connectivity index (χ3v) is 4.59. The molecule has 1 aliphatic rings. The van der Waals surface area contributed by atoms with Crippen molar-refractivity contribution in [1.29, 1.82) is 0 Å². The molecule has 1 aliphatic heterocycles. The van der Waals surface area contributed by atoms with Crippen LogP contribution in [0.4, 0.5) is 0 Å². The van der Waals surface area contributed by atoms with E-state index in [4.69, 9.17) is 11.6 Å². The number of halogens is 1. The quantitative estimate of drug-likeness (QED) is 0.672. The van der Waals surface area contributed by atoms with E-state index >= 15 is 0 Å². The zero-order chi connectivity index (χ0) is 13.5. The molecule has 0 unspecified atom stereocenters. The van der Waals surface area contributed by atoms with Crippen molar-refractivity contribution in [1.82, 2.24) is 9.47 Å². The van der Waals surface area contributed by atoms with Gasteiger partial charge in [-0.05, 0) is 38.1 Å². The topological polar surface area (TPSA) is 8.17 Å². The lowest BCUT2D eigenvalue weighted by molar-refractivity contribution is 0.279. The Morgan fingerprint density at radius 2 is 1.65 bits per heavy atom. The molecule has 0 saturated carbocycles. The van der Waals surface area contributed by atoms with Gasteiger partial charge >= 0.3 is 0 Å². The molecule has 102 valence electrons. The lowest BCUT2D eigenvalue weighted by atomic mass is 10.2. The number of para-hydroxylation sites is 2. The largest absolute Gasteiger partial charge is 0.326 e. The molecule has 0 atom stereocenters. The molecular weight excluding hydrogens is 268 g/mol. The second-order valence-electron chi connectivity index (χ2n) is 5.55. The van der Waals surface area contributed by atoms with E-state index in [1.54, 1.807) is 0 Å². The molecule has 1 aromatic heterocycles. The van der Waals surface area contributed by atoms with Gasteiger partial charge in [0.2, 0.25) is 0 Å². The van der Waals surface area contributed by atoms with Crippen molar-refractivity contribution in [2.24, 2.45) is 0 Å². The number of nitrogens with zero attached hydrogens (tertiary/aromatic N) is 2. The van der Waals surface area contributed by atoms with E-state index in [1.165, 1.54) is 47.7 Å². The highest BCUT2D eigenvalue weighted by Crippen LogP contribution is 2.33. The van der Waals surface area contributed by atoms with E-state index in [-0.39, 0.29) is 0 Å². The first-order valence-electron chi connectivity index (χ1n) is 7.22. The van der Waals surface area contributed by atoms with Crippen molar-refractivity contribution < 1.29 is 0 Å². The summed E-state index contributed by atoms with van der Waals surface area (Å²) in [5, 5.41) is 3.40. The molecule has 0 amide bonds. The lowest BCUT2D eigenvalue weighted by Crippen LogP contribution is -2.22. The average molecular weight is 285 g/mol. The van der Waals surface area contributed by atoms with Crippen LogP contribution in [0.5, 0.6) is 0 Å². The van der Waals surface area contributed by atoms with Crippen LogP contribution in [-0.4, -0.2) is 22.6 Å². The SMILES string of the molecule is Clc1cccc2c3ccccc3n(CN3CCCC3)c12. The standard InChI is InChI=1S/C17H17ClN2/c18-15-8-5-7-14-13-6-1-2-9-16(13)20(17(14)15)12-19-10-3-4-11-19/h1-2,5-9H,3-4,10-12H2. The van der Waals surface area contributed by atoms with E-state index in [2.05, 4.69) is 39.8 Å². The van der Waals surface area contributed by atoms with Gasteiger partial charge in [-0.1, -0.05) is 41.9 Å². The van der Waals surface area contributed by atoms with Gasteiger partial charge in [-0.3, -0.25) is 4.90 Å². The van der Waals surface area contributed by atoms with Crippen molar-refractivity contribution >= 4 is 33.4 Å². The van der Waals surface area contributed by atoms with Crippen LogP contribution in [0.15, 0.2) is 42.5 Å². The summed E-state index contributed by atoms with van der Waals surface area (Å²) in [7, 11) is 0. The van der Waals surface area contributed by atoms with Crippen LogP contribution in [0.2, 0.25) is 5.02 Å². The molecule has 0 N–H and O–H groups in total. The van der Waals surface area contributed by atoms with Gasteiger partial charge in [0.1, 0.15) is 0 Å². The highest BCUT2D eigenvalue weighted by molar-refractivity contribution is 6.36. The number of likely N-dealkylation sites (tertiary alicyclic amines) is 1. The van der Waals surface area contributed by atoms with Crippen LogP contribution in [0.1, 0.15) is 12.8 Å². The predicted octanol–water partition coefficient (Wildman–Crippen LogP) is 4.50. The summed E-state index contributed by atoms with van der Waals surface area (Å²) in [5.41, 5.74) is 2.45. The van der Waals surface area contributed by atoms with E-state index in [0.29, 0.717) is 0 Å². The normalized spacial score (nSPS) is 16.4. The zero-order valence-corrected chi connectivity index (χ0v) is 12.1. The number of benzene rings is 2. The maximum absolute atomic E-state index is 6.48. The summed E-state index contributed by atoms with van der Waals surface area (Å²) in [6.45, 7) is 3.32. The summed E-state index contributed by atoms with van der Waals surface area (Å²) in [4.78, 5) is 2.51. The molecule has 0 bridgehead atoms. The van der Waals surface area contributed by atoms with Gasteiger partial charge < -0.3 is 4.57 Å². The lowest BCUT2D eigenvalue weighted by Gasteiger charge is -2.18. The first-order valence-corrected chi connectivity index (χ1v) is 7.60. The van der Waals surface area contributed by atoms with Gasteiger partial charge in [0.25, 0.3) is 0 Å². The Morgan fingerprint density at radius 1 is 0.900 bits per heavy atom. The number of hydrogen-bond acceptors (Lipinski definition) is 1. The number of rotatable bonds is 2. The summed E-state index contributed by atoms with van der Waals surface area (Å²) in [5.74, 6) is 0. The summed E-state index contributed by atoms with van der Waals surface area (Å²) >= 11 is 6.48. The van der Waals surface area contributed by atoms with Crippen molar-refractivity contribution in [2.75, 3.05) is 13.1 Å². The fourth-order valence-corrected chi connectivity index (χ4v) is 3.61. The van der Waals surface area contributed by atoms with Crippen LogP contribution in [0.25, 0.3) is 21.8 Å². The van der Waals surface area contributed by atoms with Crippen LogP contribution < -0.4 is 0 Å². The van der Waals surface area contributed by atoms with Crippen molar-refractivity contribution in [3.63, 3.8) is 0 Å². The van der Waals surface area contributed by atoms with E-state index in [0.717, 1.165) is 11.7 Å². The highest BCUT2D eigenvalue weighted by atomic mass is 35.5. The number of aromatic nitrogens is 1. The maximum atomic E-state index is 6.48. The molecule has 0 spiro atoms. The second kappa shape index (κ2) is 4.80. The highest BCUT2D eigenvalue weighted by Gasteiger charge is 2.17. The van der Waals surface area contributed by atoms with Gasteiger partial charge in [0, 0.05) is 10.8 Å². The third kappa shape index (κ3) is 1.83.